The molecule has 0 unspecified atom stereocenters. The van der Waals surface area contributed by atoms with Gasteiger partial charge >= 0.3 is 0 Å². The lowest BCUT2D eigenvalue weighted by Crippen LogP contribution is -2.33. The third-order valence-electron chi connectivity index (χ3n) is 2.28. The van der Waals surface area contributed by atoms with Crippen LogP contribution in [0.1, 0.15) is 23.7 Å². The molecule has 0 spiro atoms. The number of rotatable bonds is 4. The lowest BCUT2D eigenvalue weighted by atomic mass is 10.1. The third-order valence-corrected chi connectivity index (χ3v) is 2.58. The Morgan fingerprint density at radius 1 is 1.67 bits per heavy atom. The van der Waals surface area contributed by atoms with E-state index in [9.17, 15) is 14.9 Å². The Morgan fingerprint density at radius 2 is 2.33 bits per heavy atom. The highest BCUT2D eigenvalue weighted by Crippen LogP contribution is 2.24. The zero-order valence-corrected chi connectivity index (χ0v) is 10.3. The number of benzene rings is 1. The Labute approximate surface area is 108 Å². The second kappa shape index (κ2) is 5.98. The van der Waals surface area contributed by atoms with Gasteiger partial charge in [-0.05, 0) is 18.6 Å². The second-order valence-corrected chi connectivity index (χ2v) is 3.89. The fourth-order valence-electron chi connectivity index (χ4n) is 1.26. The summed E-state index contributed by atoms with van der Waals surface area (Å²) in [5.74, 6) is -0.486. The highest BCUT2D eigenvalue weighted by atomic mass is 35.5. The van der Waals surface area contributed by atoms with E-state index in [1.807, 2.05) is 6.07 Å². The molecule has 0 aliphatic rings. The molecule has 0 bridgehead atoms. The Hall–Kier alpha value is -2.13. The van der Waals surface area contributed by atoms with Crippen LogP contribution in [0.4, 0.5) is 5.69 Å². The molecule has 0 fully saturated rings. The zero-order chi connectivity index (χ0) is 13.7. The molecule has 94 valence electrons. The van der Waals surface area contributed by atoms with Gasteiger partial charge in [0.2, 0.25) is 0 Å². The van der Waals surface area contributed by atoms with Crippen molar-refractivity contribution in [3.05, 3.63) is 38.9 Å². The van der Waals surface area contributed by atoms with Gasteiger partial charge in [-0.25, -0.2) is 0 Å². The van der Waals surface area contributed by atoms with Gasteiger partial charge in [0, 0.05) is 11.6 Å². The van der Waals surface area contributed by atoms with Crippen molar-refractivity contribution in [3.8, 4) is 6.07 Å². The summed E-state index contributed by atoms with van der Waals surface area (Å²) in [6.45, 7) is 1.76. The minimum Gasteiger partial charge on any atom is -0.336 e. The maximum atomic E-state index is 11.7. The molecular weight excluding hydrogens is 258 g/mol. The molecule has 1 N–H and O–H groups in total. The van der Waals surface area contributed by atoms with Crippen molar-refractivity contribution in [1.29, 1.82) is 5.26 Å². The fourth-order valence-corrected chi connectivity index (χ4v) is 1.51. The first-order valence-electron chi connectivity index (χ1n) is 5.14. The number of carbonyl (C=O) groups is 1. The Morgan fingerprint density at radius 3 is 2.78 bits per heavy atom. The van der Waals surface area contributed by atoms with Gasteiger partial charge < -0.3 is 5.32 Å². The van der Waals surface area contributed by atoms with Gasteiger partial charge in [0.1, 0.15) is 11.1 Å². The first-order valence-corrected chi connectivity index (χ1v) is 5.51. The number of carbonyl (C=O) groups excluding carboxylic acids is 1. The molecule has 0 heterocycles. The summed E-state index contributed by atoms with van der Waals surface area (Å²) in [4.78, 5) is 21.6. The van der Waals surface area contributed by atoms with Gasteiger partial charge in [-0.2, -0.15) is 5.26 Å². The molecule has 1 atom stereocenters. The number of nitro benzene ring substituents is 1. The normalized spacial score (nSPS) is 11.4. The summed E-state index contributed by atoms with van der Waals surface area (Å²) in [5.41, 5.74) is -0.0835. The van der Waals surface area contributed by atoms with E-state index in [1.165, 1.54) is 12.1 Å². The highest BCUT2D eigenvalue weighted by Gasteiger charge is 2.16. The van der Waals surface area contributed by atoms with Crippen LogP contribution in [0.15, 0.2) is 18.2 Å². The second-order valence-electron chi connectivity index (χ2n) is 3.49. The van der Waals surface area contributed by atoms with Crippen LogP contribution in [0.2, 0.25) is 5.02 Å². The predicted molar refractivity (Wildman–Crippen MR) is 65.3 cm³/mol. The summed E-state index contributed by atoms with van der Waals surface area (Å²) in [7, 11) is 0. The highest BCUT2D eigenvalue weighted by molar-refractivity contribution is 6.33. The van der Waals surface area contributed by atoms with E-state index in [4.69, 9.17) is 16.9 Å². The maximum absolute atomic E-state index is 11.7. The zero-order valence-electron chi connectivity index (χ0n) is 9.51. The quantitative estimate of drug-likeness (QED) is 0.668. The number of nitro groups is 1. The molecule has 6 nitrogen and oxygen atoms in total. The van der Waals surface area contributed by atoms with Crippen LogP contribution < -0.4 is 5.32 Å². The number of nitrogens with zero attached hydrogens (tertiary/aromatic N) is 2. The van der Waals surface area contributed by atoms with Gasteiger partial charge in [-0.15, -0.1) is 0 Å². The average molecular weight is 268 g/mol. The molecular formula is C11H10ClN3O3. The first-order chi connectivity index (χ1) is 8.49. The predicted octanol–water partition coefficient (Wildman–Crippen LogP) is 2.28. The van der Waals surface area contributed by atoms with Crippen molar-refractivity contribution in [2.45, 2.75) is 19.4 Å². The first kappa shape index (κ1) is 13.9. The monoisotopic (exact) mass is 267 g/mol. The minimum atomic E-state index is -0.631. The minimum absolute atomic E-state index is 0.113. The van der Waals surface area contributed by atoms with E-state index in [2.05, 4.69) is 5.32 Å². The number of hydrogen-bond acceptors (Lipinski definition) is 4. The van der Waals surface area contributed by atoms with Crippen LogP contribution in [-0.2, 0) is 0 Å². The van der Waals surface area contributed by atoms with Crippen molar-refractivity contribution in [3.63, 3.8) is 0 Å². The SMILES string of the molecule is CC[C@H](C#N)NC(=O)c1ccc([N+](=O)[O-])c(Cl)c1. The smallest absolute Gasteiger partial charge is 0.287 e. The van der Waals surface area contributed by atoms with Crippen molar-refractivity contribution in [2.75, 3.05) is 0 Å². The van der Waals surface area contributed by atoms with Gasteiger partial charge in [0.05, 0.1) is 11.0 Å². The van der Waals surface area contributed by atoms with Crippen LogP contribution >= 0.6 is 11.6 Å². The topological polar surface area (TPSA) is 96.0 Å². The molecule has 0 saturated heterocycles. The Balaban J connectivity index is 2.92. The Kier molecular flexibility index (Phi) is 4.63. The fraction of sp³-hybridized carbons (Fsp3) is 0.273. The molecule has 0 radical (unpaired) electrons. The third kappa shape index (κ3) is 3.18. The largest absolute Gasteiger partial charge is 0.336 e. The lowest BCUT2D eigenvalue weighted by Gasteiger charge is -2.09. The molecule has 1 aromatic rings. The molecule has 18 heavy (non-hydrogen) atoms. The van der Waals surface area contributed by atoms with Crippen molar-refractivity contribution in [1.82, 2.24) is 5.32 Å². The number of amides is 1. The van der Waals surface area contributed by atoms with E-state index >= 15 is 0 Å². The van der Waals surface area contributed by atoms with Gasteiger partial charge in [0.25, 0.3) is 11.6 Å². The molecule has 1 aromatic carbocycles. The molecule has 7 heteroatoms. The molecule has 1 rings (SSSR count). The Bertz CT molecular complexity index is 525. The van der Waals surface area contributed by atoms with E-state index in [-0.39, 0.29) is 16.3 Å². The van der Waals surface area contributed by atoms with Gasteiger partial charge in [0.15, 0.2) is 0 Å². The maximum Gasteiger partial charge on any atom is 0.287 e. The van der Waals surface area contributed by atoms with E-state index < -0.39 is 16.9 Å². The van der Waals surface area contributed by atoms with Gasteiger partial charge in [-0.1, -0.05) is 18.5 Å². The lowest BCUT2D eigenvalue weighted by molar-refractivity contribution is -0.384. The van der Waals surface area contributed by atoms with Crippen molar-refractivity contribution >= 4 is 23.2 Å². The average Bonchev–Trinajstić information content (AvgIpc) is 2.34. The molecule has 0 aliphatic heterocycles. The summed E-state index contributed by atoms with van der Waals surface area (Å²) in [6, 6.07) is 4.99. The van der Waals surface area contributed by atoms with Crippen LogP contribution in [0.25, 0.3) is 0 Å². The van der Waals surface area contributed by atoms with Crippen LogP contribution in [-0.4, -0.2) is 16.9 Å². The van der Waals surface area contributed by atoms with E-state index in [0.29, 0.717) is 6.42 Å². The van der Waals surface area contributed by atoms with E-state index in [0.717, 1.165) is 6.07 Å². The van der Waals surface area contributed by atoms with Crippen LogP contribution in [0, 0.1) is 21.4 Å². The molecule has 1 amide bonds. The number of nitrogens with one attached hydrogen (secondary N) is 1. The number of hydrogen-bond donors (Lipinski definition) is 1. The number of halogens is 1. The van der Waals surface area contributed by atoms with Crippen molar-refractivity contribution < 1.29 is 9.72 Å². The van der Waals surface area contributed by atoms with Crippen molar-refractivity contribution in [2.24, 2.45) is 0 Å². The number of nitriles is 1. The summed E-state index contributed by atoms with van der Waals surface area (Å²) >= 11 is 5.69. The van der Waals surface area contributed by atoms with E-state index in [1.54, 1.807) is 6.92 Å². The summed E-state index contributed by atoms with van der Waals surface area (Å²) in [6.07, 6.45) is 0.475. The molecule has 0 saturated carbocycles. The summed E-state index contributed by atoms with van der Waals surface area (Å²) < 4.78 is 0. The molecule has 0 aliphatic carbocycles. The van der Waals surface area contributed by atoms with Crippen LogP contribution in [0.5, 0.6) is 0 Å². The van der Waals surface area contributed by atoms with Crippen LogP contribution in [0.3, 0.4) is 0 Å². The summed E-state index contributed by atoms with van der Waals surface area (Å²) in [5, 5.41) is 21.6. The van der Waals surface area contributed by atoms with Gasteiger partial charge in [-0.3, -0.25) is 14.9 Å². The standard InChI is InChI=1S/C11H10ClN3O3/c1-2-8(6-13)14-11(16)7-3-4-10(15(17)18)9(12)5-7/h3-5,8H,2H2,1H3,(H,14,16)/t8-/m1/s1. The molecule has 0 aromatic heterocycles.